The molecule has 0 fully saturated rings. The van der Waals surface area contributed by atoms with Crippen LogP contribution >= 0.6 is 11.6 Å². The molecule has 4 rings (SSSR count). The van der Waals surface area contributed by atoms with E-state index in [-0.39, 0.29) is 30.3 Å². The van der Waals surface area contributed by atoms with Crippen LogP contribution in [0.15, 0.2) is 72.8 Å². The van der Waals surface area contributed by atoms with Crippen LogP contribution in [0.25, 0.3) is 0 Å². The highest BCUT2D eigenvalue weighted by atomic mass is 35.5. The second kappa shape index (κ2) is 13.7. The maximum atomic E-state index is 14.3. The molecule has 2 amide bonds. The van der Waals surface area contributed by atoms with Crippen LogP contribution in [0.4, 0.5) is 5.69 Å². The Kier molecular flexibility index (Phi) is 10.2. The van der Waals surface area contributed by atoms with Crippen molar-refractivity contribution >= 4 is 39.1 Å². The smallest absolute Gasteiger partial charge is 0.244 e. The minimum Gasteiger partial charge on any atom is -0.486 e. The zero-order valence-corrected chi connectivity index (χ0v) is 26.5. The van der Waals surface area contributed by atoms with Crippen molar-refractivity contribution < 1.29 is 27.5 Å². The Hall–Kier alpha value is -3.76. The van der Waals surface area contributed by atoms with Gasteiger partial charge in [-0.3, -0.25) is 13.9 Å². The van der Waals surface area contributed by atoms with Gasteiger partial charge in [0, 0.05) is 29.6 Å². The van der Waals surface area contributed by atoms with E-state index in [0.29, 0.717) is 35.3 Å². The van der Waals surface area contributed by atoms with Gasteiger partial charge in [-0.25, -0.2) is 8.42 Å². The number of fused-ring (bicyclic) bond motifs is 1. The first-order valence-electron chi connectivity index (χ1n) is 14.2. The first-order valence-corrected chi connectivity index (χ1v) is 16.1. The summed E-state index contributed by atoms with van der Waals surface area (Å²) in [6.07, 6.45) is 0.222. The second-order valence-electron chi connectivity index (χ2n) is 11.3. The van der Waals surface area contributed by atoms with Gasteiger partial charge in [-0.15, -0.1) is 0 Å². The normalized spacial score (nSPS) is 13.6. The van der Waals surface area contributed by atoms with Gasteiger partial charge in [0.05, 0.1) is 11.4 Å². The number of benzene rings is 3. The third kappa shape index (κ3) is 8.64. The molecule has 0 unspecified atom stereocenters. The molecule has 1 N–H and O–H groups in total. The molecule has 0 aliphatic carbocycles. The van der Waals surface area contributed by atoms with E-state index >= 15 is 0 Å². The van der Waals surface area contributed by atoms with Crippen molar-refractivity contribution in [3.05, 3.63) is 88.9 Å². The first kappa shape index (κ1) is 32.2. The number of hydrogen-bond acceptors (Lipinski definition) is 6. The summed E-state index contributed by atoms with van der Waals surface area (Å²) < 4.78 is 39.1. The fraction of sp³-hybridized carbons (Fsp3) is 0.375. The zero-order chi connectivity index (χ0) is 31.2. The van der Waals surface area contributed by atoms with Gasteiger partial charge in [0.1, 0.15) is 25.8 Å². The van der Waals surface area contributed by atoms with Gasteiger partial charge in [0.15, 0.2) is 11.5 Å². The Labute approximate surface area is 258 Å². The molecule has 1 heterocycles. The van der Waals surface area contributed by atoms with E-state index in [2.05, 4.69) is 5.32 Å². The number of amides is 2. The molecule has 3 aromatic carbocycles. The van der Waals surface area contributed by atoms with Crippen LogP contribution in [-0.2, 0) is 32.6 Å². The van der Waals surface area contributed by atoms with Gasteiger partial charge in [0.25, 0.3) is 0 Å². The molecule has 11 heteroatoms. The molecule has 3 aromatic rings. The lowest BCUT2D eigenvalue weighted by molar-refractivity contribution is -0.140. The van der Waals surface area contributed by atoms with Gasteiger partial charge < -0.3 is 19.7 Å². The summed E-state index contributed by atoms with van der Waals surface area (Å²) in [6, 6.07) is 20.3. The van der Waals surface area contributed by atoms with Crippen LogP contribution in [0.1, 0.15) is 38.8 Å². The van der Waals surface area contributed by atoms with Gasteiger partial charge in [0.2, 0.25) is 21.8 Å². The molecular formula is C32H38ClN3O6S. The number of rotatable bonds is 11. The summed E-state index contributed by atoms with van der Waals surface area (Å²) in [4.78, 5) is 29.6. The molecular weight excluding hydrogens is 590 g/mol. The SMILES string of the molecule is CCS(=O)(=O)N(CC(=O)N(Cc1cccc(Cl)c1)[C@H](Cc1ccccc1)C(=O)NC(C)(C)C)c1ccc2c(c1)OCCO2. The average molecular weight is 628 g/mol. The number of anilines is 1. The van der Waals surface area contributed by atoms with E-state index in [9.17, 15) is 18.0 Å². The summed E-state index contributed by atoms with van der Waals surface area (Å²) in [5.74, 6) is -0.233. The van der Waals surface area contributed by atoms with Gasteiger partial charge in [-0.05, 0) is 63.1 Å². The highest BCUT2D eigenvalue weighted by Crippen LogP contribution is 2.35. The Balaban J connectivity index is 1.76. The predicted molar refractivity (Wildman–Crippen MR) is 168 cm³/mol. The lowest BCUT2D eigenvalue weighted by Gasteiger charge is -2.35. The number of nitrogens with zero attached hydrogens (tertiary/aromatic N) is 2. The van der Waals surface area contributed by atoms with Crippen LogP contribution in [-0.4, -0.2) is 62.2 Å². The summed E-state index contributed by atoms with van der Waals surface area (Å²) in [6.45, 7) is 7.35. The van der Waals surface area contributed by atoms with Crippen LogP contribution in [0.2, 0.25) is 5.02 Å². The number of carbonyl (C=O) groups is 2. The minimum absolute atomic E-state index is 0.0373. The molecule has 0 bridgehead atoms. The molecule has 0 aromatic heterocycles. The van der Waals surface area contributed by atoms with E-state index in [1.54, 1.807) is 36.4 Å². The lowest BCUT2D eigenvalue weighted by Crippen LogP contribution is -2.56. The van der Waals surface area contributed by atoms with E-state index in [1.807, 2.05) is 57.2 Å². The highest BCUT2D eigenvalue weighted by Gasteiger charge is 2.35. The summed E-state index contributed by atoms with van der Waals surface area (Å²) in [7, 11) is -3.91. The zero-order valence-electron chi connectivity index (χ0n) is 24.9. The van der Waals surface area contributed by atoms with Gasteiger partial charge >= 0.3 is 0 Å². The molecule has 0 saturated heterocycles. The Morgan fingerprint density at radius 1 is 0.930 bits per heavy atom. The number of carbonyl (C=O) groups excluding carboxylic acids is 2. The quantitative estimate of drug-likeness (QED) is 0.327. The number of hydrogen-bond donors (Lipinski definition) is 1. The molecule has 230 valence electrons. The molecule has 1 aliphatic heterocycles. The molecule has 0 saturated carbocycles. The first-order chi connectivity index (χ1) is 20.4. The van der Waals surface area contributed by atoms with Crippen molar-refractivity contribution in [3.63, 3.8) is 0 Å². The van der Waals surface area contributed by atoms with Crippen LogP contribution in [0.3, 0.4) is 0 Å². The topological polar surface area (TPSA) is 105 Å². The van der Waals surface area contributed by atoms with Crippen molar-refractivity contribution in [1.29, 1.82) is 0 Å². The van der Waals surface area contributed by atoms with Gasteiger partial charge in [-0.2, -0.15) is 0 Å². The molecule has 1 aliphatic rings. The number of sulfonamides is 1. The Morgan fingerprint density at radius 2 is 1.60 bits per heavy atom. The summed E-state index contributed by atoms with van der Waals surface area (Å²) >= 11 is 6.28. The molecule has 43 heavy (non-hydrogen) atoms. The average Bonchev–Trinajstić information content (AvgIpc) is 2.97. The largest absolute Gasteiger partial charge is 0.486 e. The number of nitrogens with one attached hydrogen (secondary N) is 1. The number of halogens is 1. The lowest BCUT2D eigenvalue weighted by atomic mass is 10.0. The van der Waals surface area contributed by atoms with Crippen molar-refractivity contribution in [2.75, 3.05) is 29.8 Å². The second-order valence-corrected chi connectivity index (χ2v) is 13.9. The third-order valence-electron chi connectivity index (χ3n) is 6.80. The standard InChI is InChI=1S/C32H38ClN3O6S/c1-5-43(39,40)36(26-14-15-28-29(20-26)42-17-16-41-28)22-30(37)35(21-24-12-9-13-25(33)18-24)27(31(38)34-32(2,3)4)19-23-10-7-6-8-11-23/h6-15,18,20,27H,5,16-17,19,21-22H2,1-4H3,(H,34,38)/t27-/m1/s1. The predicted octanol–water partition coefficient (Wildman–Crippen LogP) is 4.82. The van der Waals surface area contributed by atoms with Crippen molar-refractivity contribution in [2.24, 2.45) is 0 Å². The molecule has 1 atom stereocenters. The summed E-state index contributed by atoms with van der Waals surface area (Å²) in [5, 5.41) is 3.49. The van der Waals surface area contributed by atoms with Gasteiger partial charge in [-0.1, -0.05) is 54.1 Å². The van der Waals surface area contributed by atoms with Crippen molar-refractivity contribution in [1.82, 2.24) is 10.2 Å². The van der Waals surface area contributed by atoms with Crippen LogP contribution in [0.5, 0.6) is 11.5 Å². The monoisotopic (exact) mass is 627 g/mol. The third-order valence-corrected chi connectivity index (χ3v) is 8.78. The summed E-state index contributed by atoms with van der Waals surface area (Å²) in [5.41, 5.74) is 1.25. The maximum absolute atomic E-state index is 14.3. The van der Waals surface area contributed by atoms with E-state index < -0.39 is 34.1 Å². The minimum atomic E-state index is -3.91. The fourth-order valence-electron chi connectivity index (χ4n) is 4.75. The van der Waals surface area contributed by atoms with Crippen LogP contribution < -0.4 is 19.1 Å². The maximum Gasteiger partial charge on any atom is 0.244 e. The van der Waals surface area contributed by atoms with E-state index in [0.717, 1.165) is 9.87 Å². The Morgan fingerprint density at radius 3 is 2.26 bits per heavy atom. The van der Waals surface area contributed by atoms with Crippen LogP contribution in [0, 0.1) is 0 Å². The van der Waals surface area contributed by atoms with E-state index in [1.165, 1.54) is 11.8 Å². The number of ether oxygens (including phenoxy) is 2. The van der Waals surface area contributed by atoms with Crippen molar-refractivity contribution in [2.45, 2.75) is 52.2 Å². The fourth-order valence-corrected chi connectivity index (χ4v) is 6.01. The molecule has 0 spiro atoms. The highest BCUT2D eigenvalue weighted by molar-refractivity contribution is 7.92. The molecule has 0 radical (unpaired) electrons. The van der Waals surface area contributed by atoms with E-state index in [4.69, 9.17) is 21.1 Å². The molecule has 9 nitrogen and oxygen atoms in total. The van der Waals surface area contributed by atoms with Crippen molar-refractivity contribution in [3.8, 4) is 11.5 Å². The Bertz CT molecular complexity index is 1540.